The first kappa shape index (κ1) is 46.4. The van der Waals surface area contributed by atoms with Gasteiger partial charge in [0.2, 0.25) is 13.4 Å². The van der Waals surface area contributed by atoms with Crippen molar-refractivity contribution in [2.24, 2.45) is 0 Å². The van der Waals surface area contributed by atoms with Crippen LogP contribution in [0, 0.1) is 0 Å². The van der Waals surface area contributed by atoms with Crippen LogP contribution in [0.5, 0.6) is 0 Å². The summed E-state index contributed by atoms with van der Waals surface area (Å²) in [6.45, 7) is -0.0462. The third-order valence-electron chi connectivity index (χ3n) is 16.6. The minimum Gasteiger partial charge on any atom is -0.456 e. The molecule has 0 aliphatic carbocycles. The summed E-state index contributed by atoms with van der Waals surface area (Å²) in [7, 11) is 0. The predicted octanol–water partition coefficient (Wildman–Crippen LogP) is 16.1. The summed E-state index contributed by atoms with van der Waals surface area (Å²) in [6, 6.07) is 102. The highest BCUT2D eigenvalue weighted by Crippen LogP contribution is 2.50. The molecule has 0 N–H and O–H groups in total. The van der Waals surface area contributed by atoms with Gasteiger partial charge in [0.1, 0.15) is 11.2 Å². The molecule has 0 saturated carbocycles. The van der Waals surface area contributed by atoms with Crippen LogP contribution in [0.2, 0.25) is 0 Å². The zero-order valence-electron chi connectivity index (χ0n) is 43.7. The van der Waals surface area contributed by atoms with Crippen molar-refractivity contribution in [3.05, 3.63) is 279 Å². The number of hydrogen-bond donors (Lipinski definition) is 0. The Morgan fingerprint density at radius 1 is 0.284 bits per heavy atom. The number of furan rings is 1. The third-order valence-corrected chi connectivity index (χ3v) is 18.9. The molecule has 4 aliphatic rings. The van der Waals surface area contributed by atoms with E-state index in [1.165, 1.54) is 75.1 Å². The van der Waals surface area contributed by atoms with Crippen molar-refractivity contribution < 1.29 is 4.42 Å². The maximum absolute atomic E-state index is 7.16. The highest BCUT2D eigenvalue weighted by molar-refractivity contribution is 8.00. The van der Waals surface area contributed by atoms with Gasteiger partial charge in [-0.2, -0.15) is 0 Å². The van der Waals surface area contributed by atoms with Gasteiger partial charge < -0.3 is 24.0 Å². The maximum Gasteiger partial charge on any atom is 0.249 e. The van der Waals surface area contributed by atoms with Crippen molar-refractivity contribution in [1.82, 2.24) is 0 Å². The molecule has 4 aliphatic heterocycles. The zero-order chi connectivity index (χ0) is 53.1. The normalized spacial score (nSPS) is 13.2. The van der Waals surface area contributed by atoms with Gasteiger partial charge in [0.15, 0.2) is 0 Å². The van der Waals surface area contributed by atoms with E-state index in [0.717, 1.165) is 67.4 Å². The number of benzene rings is 12. The Bertz CT molecular complexity index is 4250. The molecule has 81 heavy (non-hydrogen) atoms. The summed E-state index contributed by atoms with van der Waals surface area (Å²) in [5, 5.41) is 2.28. The van der Waals surface area contributed by atoms with Crippen molar-refractivity contribution in [3.63, 3.8) is 0 Å². The average Bonchev–Trinajstić information content (AvgIpc) is 3.72. The van der Waals surface area contributed by atoms with Gasteiger partial charge in [0.25, 0.3) is 0 Å². The Hall–Kier alpha value is -9.53. The lowest BCUT2D eigenvalue weighted by Gasteiger charge is -2.41. The second kappa shape index (κ2) is 18.5. The lowest BCUT2D eigenvalue weighted by atomic mass is 9.34. The molecule has 9 heteroatoms. The summed E-state index contributed by atoms with van der Waals surface area (Å²) in [4.78, 5) is 14.7. The first-order valence-electron chi connectivity index (χ1n) is 27.6. The average molecular weight is 1070 g/mol. The fraction of sp³-hybridized carbons (Fsp3) is 0. The number of hydrogen-bond acceptors (Lipinski definition) is 7. The molecule has 13 aromatic rings. The monoisotopic (exact) mass is 1070 g/mol. The van der Waals surface area contributed by atoms with E-state index in [9.17, 15) is 0 Å². The summed E-state index contributed by atoms with van der Waals surface area (Å²) in [6.07, 6.45) is 0. The Balaban J connectivity index is 0.867. The van der Waals surface area contributed by atoms with Crippen LogP contribution in [0.3, 0.4) is 0 Å². The first-order valence-corrected chi connectivity index (χ1v) is 29.3. The van der Waals surface area contributed by atoms with Gasteiger partial charge in [-0.15, -0.1) is 0 Å². The fourth-order valence-electron chi connectivity index (χ4n) is 13.3. The van der Waals surface area contributed by atoms with Gasteiger partial charge in [-0.3, -0.25) is 0 Å². The summed E-state index contributed by atoms with van der Waals surface area (Å²) < 4.78 is 7.16. The molecule has 0 bridgehead atoms. The number of anilines is 12. The highest BCUT2D eigenvalue weighted by atomic mass is 32.2. The number of rotatable bonds is 8. The van der Waals surface area contributed by atoms with Crippen molar-refractivity contribution in [1.29, 1.82) is 0 Å². The van der Waals surface area contributed by atoms with Crippen molar-refractivity contribution in [2.75, 3.05) is 19.6 Å². The molecule has 5 nitrogen and oxygen atoms in total. The molecule has 1 aromatic heterocycles. The Morgan fingerprint density at radius 2 is 0.617 bits per heavy atom. The van der Waals surface area contributed by atoms with Crippen molar-refractivity contribution in [2.45, 2.75) is 19.6 Å². The lowest BCUT2D eigenvalue weighted by Crippen LogP contribution is -2.60. The van der Waals surface area contributed by atoms with Crippen LogP contribution in [0.4, 0.5) is 68.2 Å². The zero-order valence-corrected chi connectivity index (χ0v) is 45.4. The van der Waals surface area contributed by atoms with Gasteiger partial charge in [-0.25, -0.2) is 0 Å². The van der Waals surface area contributed by atoms with Gasteiger partial charge in [-0.05, 0) is 143 Å². The highest BCUT2D eigenvalue weighted by Gasteiger charge is 2.44. The second-order valence-corrected chi connectivity index (χ2v) is 23.3. The molecule has 0 saturated heterocycles. The van der Waals surface area contributed by atoms with Crippen LogP contribution in [-0.2, 0) is 0 Å². The van der Waals surface area contributed by atoms with Gasteiger partial charge >= 0.3 is 0 Å². The van der Waals surface area contributed by atoms with Crippen LogP contribution >= 0.6 is 23.5 Å². The van der Waals surface area contributed by atoms with Crippen LogP contribution in [0.15, 0.2) is 303 Å². The van der Waals surface area contributed by atoms with Gasteiger partial charge in [0.05, 0.1) is 0 Å². The lowest BCUT2D eigenvalue weighted by molar-refractivity contribution is 0.667. The number of para-hydroxylation sites is 8. The Kier molecular flexibility index (Phi) is 10.6. The largest absolute Gasteiger partial charge is 0.456 e. The molecule has 0 spiro atoms. The molecular formula is C72H46B2N4OS2. The SMILES string of the molecule is c1ccc(N(c2ccccc2)c2cc3c4c(c2)N(c2ccccc2)c2ccccc2B4c2cc4c(cc2S3)oc2cc3c(cc24)B2c4ccccc4N(c4ccccc4)c4cc(N(c5ccccc5)c5ccccc5)cc(c42)S3)cc1. The van der Waals surface area contributed by atoms with E-state index in [1.54, 1.807) is 0 Å². The van der Waals surface area contributed by atoms with E-state index in [1.807, 2.05) is 23.5 Å². The topological polar surface area (TPSA) is 26.1 Å². The van der Waals surface area contributed by atoms with Crippen LogP contribution in [0.1, 0.15) is 0 Å². The molecule has 0 atom stereocenters. The van der Waals surface area contributed by atoms with Crippen molar-refractivity contribution >= 4 is 160 Å². The van der Waals surface area contributed by atoms with Crippen molar-refractivity contribution in [3.8, 4) is 0 Å². The first-order chi connectivity index (χ1) is 40.2. The van der Waals surface area contributed by atoms with Gasteiger partial charge in [0, 0.05) is 98.6 Å². The van der Waals surface area contributed by atoms with Crippen LogP contribution in [-0.4, -0.2) is 13.4 Å². The fourth-order valence-corrected chi connectivity index (χ4v) is 15.7. The minimum absolute atomic E-state index is 0.0231. The third kappa shape index (κ3) is 7.32. The molecule has 17 rings (SSSR count). The Labute approximate surface area is 479 Å². The Morgan fingerprint density at radius 3 is 0.988 bits per heavy atom. The van der Waals surface area contributed by atoms with E-state index in [4.69, 9.17) is 4.42 Å². The molecule has 12 aromatic carbocycles. The molecule has 0 radical (unpaired) electrons. The van der Waals surface area contributed by atoms with E-state index in [0.29, 0.717) is 0 Å². The molecule has 5 heterocycles. The summed E-state index contributed by atoms with van der Waals surface area (Å²) >= 11 is 3.73. The molecule has 0 unspecified atom stereocenters. The number of nitrogens with zero attached hydrogens (tertiary/aromatic N) is 4. The predicted molar refractivity (Wildman–Crippen MR) is 343 cm³/mol. The molecule has 0 fully saturated rings. The molecule has 0 amide bonds. The maximum atomic E-state index is 7.16. The summed E-state index contributed by atoms with van der Waals surface area (Å²) in [5.41, 5.74) is 23.2. The van der Waals surface area contributed by atoms with Crippen LogP contribution in [0.25, 0.3) is 21.9 Å². The van der Waals surface area contributed by atoms with E-state index < -0.39 is 0 Å². The quantitative estimate of drug-likeness (QED) is 0.140. The standard InChI is InChI=1S/C72H46B2N4OS2/c1-7-23-47(24-8-1)75(48-25-9-2-10-26-48)53-39-63-71-69(41-53)80-67-45-65-55(43-59(67)73(71)57-35-19-21-37-61(57)77(63)51-31-15-5-16-32-51)56-44-60-68(46-66(56)79-65)81-70-42-54(76(49-27-11-3-12-28-49)50-29-13-4-14-30-50)40-64-72(70)74(60)58-36-20-22-38-62(58)78(64)52-33-17-6-18-34-52/h1-46H. The minimum atomic E-state index is -0.0231. The van der Waals surface area contributed by atoms with Crippen LogP contribution < -0.4 is 52.4 Å². The van der Waals surface area contributed by atoms with E-state index in [2.05, 4.69) is 299 Å². The molecule has 378 valence electrons. The van der Waals surface area contributed by atoms with E-state index >= 15 is 0 Å². The van der Waals surface area contributed by atoms with E-state index in [-0.39, 0.29) is 13.4 Å². The summed E-state index contributed by atoms with van der Waals surface area (Å²) in [5.74, 6) is 0. The number of fused-ring (bicyclic) bond motifs is 11. The second-order valence-electron chi connectivity index (χ2n) is 21.2. The molecular weight excluding hydrogens is 1020 g/mol. The smallest absolute Gasteiger partial charge is 0.249 e. The van der Waals surface area contributed by atoms with Gasteiger partial charge in [-0.1, -0.05) is 192 Å².